The molecule has 114 valence electrons. The Kier molecular flexibility index (Phi) is 6.57. The summed E-state index contributed by atoms with van der Waals surface area (Å²) >= 11 is 6.23. The van der Waals surface area contributed by atoms with E-state index in [2.05, 4.69) is 15.8 Å². The van der Waals surface area contributed by atoms with E-state index in [4.69, 9.17) is 17.0 Å². The van der Waals surface area contributed by atoms with Crippen LogP contribution in [0.1, 0.15) is 39.0 Å². The van der Waals surface area contributed by atoms with Gasteiger partial charge in [-0.2, -0.15) is 0 Å². The van der Waals surface area contributed by atoms with E-state index in [0.29, 0.717) is 21.3 Å². The molecule has 0 fully saturated rings. The first kappa shape index (κ1) is 17.4. The summed E-state index contributed by atoms with van der Waals surface area (Å²) in [7, 11) is 0. The summed E-state index contributed by atoms with van der Waals surface area (Å²) in [6, 6.07) is 1.48. The van der Waals surface area contributed by atoms with Crippen LogP contribution in [0.5, 0.6) is 0 Å². The van der Waals surface area contributed by atoms with Crippen molar-refractivity contribution >= 4 is 40.2 Å². The highest BCUT2D eigenvalue weighted by atomic mass is 32.2. The number of hydrazine groups is 1. The molecule has 0 aliphatic carbocycles. The zero-order chi connectivity index (χ0) is 16.0. The summed E-state index contributed by atoms with van der Waals surface area (Å²) in [6.07, 6.45) is 1.79. The zero-order valence-electron chi connectivity index (χ0n) is 12.3. The van der Waals surface area contributed by atoms with Crippen molar-refractivity contribution in [2.24, 2.45) is 0 Å². The maximum atomic E-state index is 12.1. The van der Waals surface area contributed by atoms with Crippen LogP contribution in [0.3, 0.4) is 0 Å². The third-order valence-corrected chi connectivity index (χ3v) is 3.68. The number of carbonyl (C=O) groups is 2. The van der Waals surface area contributed by atoms with Crippen LogP contribution >= 0.6 is 24.0 Å². The molecular formula is C13H17N3O3S2. The fourth-order valence-corrected chi connectivity index (χ4v) is 1.80. The molecule has 1 amide bonds. The van der Waals surface area contributed by atoms with Gasteiger partial charge in [-0.05, 0) is 33.1 Å². The number of nitrogens with zero attached hydrogens (tertiary/aromatic N) is 1. The van der Waals surface area contributed by atoms with Gasteiger partial charge >= 0.3 is 5.97 Å². The normalized spacial score (nSPS) is 9.90. The number of thiocarbonyl (C=S) groups is 1. The number of ether oxygens (including phenoxy) is 1. The molecule has 0 radical (unpaired) electrons. The summed E-state index contributed by atoms with van der Waals surface area (Å²) in [6.45, 7) is 5.37. The van der Waals surface area contributed by atoms with Crippen molar-refractivity contribution in [1.82, 2.24) is 15.8 Å². The third kappa shape index (κ3) is 4.68. The molecule has 0 saturated carbocycles. The fraction of sp³-hybridized carbons (Fsp3) is 0.385. The van der Waals surface area contributed by atoms with E-state index in [0.717, 1.165) is 0 Å². The second kappa shape index (κ2) is 7.94. The Labute approximate surface area is 133 Å². The SMILES string of the molecule is CCOC(=O)c1cc(C(=O)NNC(=S)SC)c(C)nc1C. The van der Waals surface area contributed by atoms with Gasteiger partial charge in [0.25, 0.3) is 5.91 Å². The van der Waals surface area contributed by atoms with Crippen LogP contribution in [0.4, 0.5) is 0 Å². The molecule has 0 saturated heterocycles. The molecule has 2 N–H and O–H groups in total. The Morgan fingerprint density at radius 3 is 2.48 bits per heavy atom. The van der Waals surface area contributed by atoms with Crippen LogP contribution in [0.2, 0.25) is 0 Å². The van der Waals surface area contributed by atoms with Crippen LogP contribution in [0.25, 0.3) is 0 Å². The van der Waals surface area contributed by atoms with Gasteiger partial charge in [0, 0.05) is 0 Å². The van der Waals surface area contributed by atoms with E-state index in [1.54, 1.807) is 27.0 Å². The van der Waals surface area contributed by atoms with Crippen molar-refractivity contribution in [2.45, 2.75) is 20.8 Å². The molecule has 1 heterocycles. The first-order chi connectivity index (χ1) is 9.90. The number of nitrogens with one attached hydrogen (secondary N) is 2. The lowest BCUT2D eigenvalue weighted by Crippen LogP contribution is -2.40. The Bertz CT molecular complexity index is 576. The summed E-state index contributed by atoms with van der Waals surface area (Å²) in [4.78, 5) is 28.1. The predicted octanol–water partition coefficient (Wildman–Crippen LogP) is 1.76. The van der Waals surface area contributed by atoms with E-state index in [9.17, 15) is 9.59 Å². The smallest absolute Gasteiger partial charge is 0.339 e. The lowest BCUT2D eigenvalue weighted by Gasteiger charge is -2.12. The highest BCUT2D eigenvalue weighted by molar-refractivity contribution is 8.22. The Balaban J connectivity index is 3.01. The molecule has 21 heavy (non-hydrogen) atoms. The molecule has 0 atom stereocenters. The molecule has 1 aromatic heterocycles. The lowest BCUT2D eigenvalue weighted by atomic mass is 10.1. The van der Waals surface area contributed by atoms with Crippen molar-refractivity contribution in [3.05, 3.63) is 28.6 Å². The second-order valence-electron chi connectivity index (χ2n) is 4.05. The summed E-state index contributed by atoms with van der Waals surface area (Å²) in [5.41, 5.74) is 6.68. The van der Waals surface area contributed by atoms with Crippen LogP contribution < -0.4 is 10.9 Å². The number of amides is 1. The minimum absolute atomic E-state index is 0.261. The third-order valence-electron chi connectivity index (χ3n) is 2.61. The van der Waals surface area contributed by atoms with Gasteiger partial charge in [0.15, 0.2) is 4.32 Å². The summed E-state index contributed by atoms with van der Waals surface area (Å²) in [5.74, 6) is -0.911. The number of aryl methyl sites for hydroxylation is 2. The van der Waals surface area contributed by atoms with Gasteiger partial charge in [-0.3, -0.25) is 20.6 Å². The van der Waals surface area contributed by atoms with Crippen LogP contribution in [0.15, 0.2) is 6.07 Å². The van der Waals surface area contributed by atoms with Crippen molar-refractivity contribution in [3.8, 4) is 0 Å². The van der Waals surface area contributed by atoms with E-state index in [1.165, 1.54) is 17.8 Å². The van der Waals surface area contributed by atoms with Gasteiger partial charge in [0.1, 0.15) is 0 Å². The highest BCUT2D eigenvalue weighted by Gasteiger charge is 2.18. The lowest BCUT2D eigenvalue weighted by molar-refractivity contribution is 0.0525. The maximum Gasteiger partial charge on any atom is 0.339 e. The van der Waals surface area contributed by atoms with E-state index >= 15 is 0 Å². The molecule has 1 aromatic rings. The first-order valence-electron chi connectivity index (χ1n) is 6.20. The number of aromatic nitrogens is 1. The minimum atomic E-state index is -0.496. The van der Waals surface area contributed by atoms with E-state index in [1.807, 2.05) is 0 Å². The summed E-state index contributed by atoms with van der Waals surface area (Å²) < 4.78 is 5.39. The molecule has 6 nitrogen and oxygen atoms in total. The molecule has 1 rings (SSSR count). The van der Waals surface area contributed by atoms with Gasteiger partial charge in [-0.25, -0.2) is 4.79 Å². The van der Waals surface area contributed by atoms with E-state index in [-0.39, 0.29) is 12.2 Å². The standard InChI is InChI=1S/C13H17N3O3S2/c1-5-19-12(18)10-6-9(7(2)14-8(10)3)11(17)15-16-13(20)21-4/h6H,5H2,1-4H3,(H,15,17)(H,16,20). The first-order valence-corrected chi connectivity index (χ1v) is 7.83. The molecule has 8 heteroatoms. The predicted molar refractivity (Wildman–Crippen MR) is 86.4 cm³/mol. The molecule has 0 aliphatic rings. The largest absolute Gasteiger partial charge is 0.462 e. The number of hydrogen-bond acceptors (Lipinski definition) is 6. The van der Waals surface area contributed by atoms with Crippen molar-refractivity contribution in [3.63, 3.8) is 0 Å². The van der Waals surface area contributed by atoms with Crippen molar-refractivity contribution in [2.75, 3.05) is 12.9 Å². The number of rotatable bonds is 3. The number of pyridine rings is 1. The maximum absolute atomic E-state index is 12.1. The molecule has 0 unspecified atom stereocenters. The topological polar surface area (TPSA) is 80.3 Å². The number of thioether (sulfide) groups is 1. The quantitative estimate of drug-likeness (QED) is 0.497. The molecular weight excluding hydrogens is 310 g/mol. The molecule has 0 bridgehead atoms. The monoisotopic (exact) mass is 327 g/mol. The van der Waals surface area contributed by atoms with Crippen LogP contribution in [-0.2, 0) is 4.74 Å². The molecule has 0 spiro atoms. The average Bonchev–Trinajstić information content (AvgIpc) is 2.44. The summed E-state index contributed by atoms with van der Waals surface area (Å²) in [5, 5.41) is 0. The molecule has 0 aromatic carbocycles. The van der Waals surface area contributed by atoms with Gasteiger partial charge in [-0.1, -0.05) is 24.0 Å². The van der Waals surface area contributed by atoms with Crippen LogP contribution in [0, 0.1) is 13.8 Å². The number of esters is 1. The Morgan fingerprint density at radius 1 is 1.29 bits per heavy atom. The highest BCUT2D eigenvalue weighted by Crippen LogP contribution is 2.14. The van der Waals surface area contributed by atoms with Gasteiger partial charge in [0.2, 0.25) is 0 Å². The number of hydrogen-bond donors (Lipinski definition) is 2. The second-order valence-corrected chi connectivity index (χ2v) is 5.53. The van der Waals surface area contributed by atoms with Crippen molar-refractivity contribution < 1.29 is 14.3 Å². The van der Waals surface area contributed by atoms with E-state index < -0.39 is 11.9 Å². The van der Waals surface area contributed by atoms with Crippen molar-refractivity contribution in [1.29, 1.82) is 0 Å². The Morgan fingerprint density at radius 2 is 1.90 bits per heavy atom. The zero-order valence-corrected chi connectivity index (χ0v) is 13.9. The van der Waals surface area contributed by atoms with Crippen LogP contribution in [-0.4, -0.2) is 34.0 Å². The molecule has 0 aliphatic heterocycles. The average molecular weight is 327 g/mol. The van der Waals surface area contributed by atoms with Gasteiger partial charge in [0.05, 0.1) is 29.1 Å². The number of carbonyl (C=O) groups excluding carboxylic acids is 2. The minimum Gasteiger partial charge on any atom is -0.462 e. The van der Waals surface area contributed by atoms with Gasteiger partial charge in [-0.15, -0.1) is 0 Å². The van der Waals surface area contributed by atoms with Gasteiger partial charge < -0.3 is 4.74 Å². The fourth-order valence-electron chi connectivity index (χ4n) is 1.60. The Hall–Kier alpha value is -1.67.